The van der Waals surface area contributed by atoms with Crippen LogP contribution in [0, 0.1) is 11.5 Å². The van der Waals surface area contributed by atoms with E-state index in [4.69, 9.17) is 15.5 Å². The minimum Gasteiger partial charge on any atom is -0.394 e. The minimum atomic E-state index is -0.699. The minimum absolute atomic E-state index is 0.231. The lowest BCUT2D eigenvalue weighted by Gasteiger charge is -2.13. The van der Waals surface area contributed by atoms with Gasteiger partial charge in [-0.05, 0) is 6.92 Å². The molecule has 0 aromatic carbocycles. The van der Waals surface area contributed by atoms with Gasteiger partial charge in [0, 0.05) is 0 Å². The molecule has 0 unspecified atom stereocenters. The summed E-state index contributed by atoms with van der Waals surface area (Å²) in [6.07, 6.45) is 0.931. The van der Waals surface area contributed by atoms with Crippen LogP contribution in [0.15, 0.2) is 0 Å². The average Bonchev–Trinajstić information content (AvgIpc) is 1.82. The van der Waals surface area contributed by atoms with E-state index in [9.17, 15) is 0 Å². The lowest BCUT2D eigenvalue weighted by atomic mass is 10.2. The molecular formula is C5H10N2O2. The molecule has 3 N–H and O–H groups in total. The van der Waals surface area contributed by atoms with Gasteiger partial charge in [-0.25, -0.2) is 0 Å². The number of hydrogen-bond acceptors (Lipinski definition) is 4. The molecule has 0 saturated carbocycles. The van der Waals surface area contributed by atoms with Gasteiger partial charge in [0.15, 0.2) is 6.19 Å². The first-order chi connectivity index (χ1) is 4.22. The molecule has 0 saturated heterocycles. The van der Waals surface area contributed by atoms with Crippen molar-refractivity contribution in [2.75, 3.05) is 6.61 Å². The SMILES string of the molecule is C[C@@H](O)[C@@H](CO)NC#N. The fourth-order valence-corrected chi connectivity index (χ4v) is 0.402. The van der Waals surface area contributed by atoms with Gasteiger partial charge in [-0.1, -0.05) is 0 Å². The molecule has 4 nitrogen and oxygen atoms in total. The Balaban J connectivity index is 3.57. The van der Waals surface area contributed by atoms with Crippen molar-refractivity contribution in [3.63, 3.8) is 0 Å². The fourth-order valence-electron chi connectivity index (χ4n) is 0.402. The number of rotatable bonds is 3. The maximum atomic E-state index is 8.77. The highest BCUT2D eigenvalue weighted by atomic mass is 16.3. The highest BCUT2D eigenvalue weighted by Gasteiger charge is 2.10. The molecule has 0 radical (unpaired) electrons. The van der Waals surface area contributed by atoms with E-state index in [-0.39, 0.29) is 6.61 Å². The van der Waals surface area contributed by atoms with Gasteiger partial charge in [-0.15, -0.1) is 0 Å². The molecule has 52 valence electrons. The predicted octanol–water partition coefficient (Wildman–Crippen LogP) is -1.20. The predicted molar refractivity (Wildman–Crippen MR) is 31.3 cm³/mol. The molecule has 0 aromatic rings. The molecule has 9 heavy (non-hydrogen) atoms. The Morgan fingerprint density at radius 2 is 2.33 bits per heavy atom. The van der Waals surface area contributed by atoms with Crippen LogP contribution >= 0.6 is 0 Å². The van der Waals surface area contributed by atoms with E-state index in [1.54, 1.807) is 6.19 Å². The van der Waals surface area contributed by atoms with Crippen molar-refractivity contribution in [1.82, 2.24) is 5.32 Å². The third-order valence-electron chi connectivity index (χ3n) is 1.03. The fraction of sp³-hybridized carbons (Fsp3) is 0.800. The molecule has 0 spiro atoms. The van der Waals surface area contributed by atoms with Crippen molar-refractivity contribution in [2.24, 2.45) is 0 Å². The zero-order valence-electron chi connectivity index (χ0n) is 5.20. The molecule has 0 aliphatic heterocycles. The third-order valence-corrected chi connectivity index (χ3v) is 1.03. The van der Waals surface area contributed by atoms with Gasteiger partial charge in [0.05, 0.1) is 18.8 Å². The first kappa shape index (κ1) is 8.21. The van der Waals surface area contributed by atoms with Gasteiger partial charge in [0.25, 0.3) is 0 Å². The van der Waals surface area contributed by atoms with E-state index >= 15 is 0 Å². The molecule has 2 atom stereocenters. The number of hydrogen-bond donors (Lipinski definition) is 3. The highest BCUT2D eigenvalue weighted by Crippen LogP contribution is 1.88. The lowest BCUT2D eigenvalue weighted by molar-refractivity contribution is 0.112. The molecule has 0 aliphatic carbocycles. The van der Waals surface area contributed by atoms with Crippen molar-refractivity contribution in [2.45, 2.75) is 19.1 Å². The average molecular weight is 130 g/mol. The zero-order chi connectivity index (χ0) is 7.28. The van der Waals surface area contributed by atoms with Crippen molar-refractivity contribution in [1.29, 1.82) is 5.26 Å². The maximum Gasteiger partial charge on any atom is 0.176 e. The van der Waals surface area contributed by atoms with Crippen LogP contribution in [0.5, 0.6) is 0 Å². The van der Waals surface area contributed by atoms with Crippen LogP contribution in [-0.4, -0.2) is 29.0 Å². The van der Waals surface area contributed by atoms with Gasteiger partial charge in [-0.3, -0.25) is 0 Å². The summed E-state index contributed by atoms with van der Waals surface area (Å²) in [4.78, 5) is 0. The maximum absolute atomic E-state index is 8.77. The van der Waals surface area contributed by atoms with E-state index in [2.05, 4.69) is 5.32 Å². The van der Waals surface area contributed by atoms with Crippen LogP contribution in [0.2, 0.25) is 0 Å². The monoisotopic (exact) mass is 130 g/mol. The van der Waals surface area contributed by atoms with Crippen molar-refractivity contribution >= 4 is 0 Å². The van der Waals surface area contributed by atoms with Gasteiger partial charge in [0.1, 0.15) is 0 Å². The third kappa shape index (κ3) is 2.90. The number of nitrogens with zero attached hydrogens (tertiary/aromatic N) is 1. The van der Waals surface area contributed by atoms with Gasteiger partial charge in [-0.2, -0.15) is 5.26 Å². The van der Waals surface area contributed by atoms with Crippen molar-refractivity contribution in [3.05, 3.63) is 0 Å². The summed E-state index contributed by atoms with van der Waals surface area (Å²) in [6.45, 7) is 1.27. The first-order valence-electron chi connectivity index (χ1n) is 2.66. The Hall–Kier alpha value is -0.790. The number of nitriles is 1. The Morgan fingerprint density at radius 1 is 1.78 bits per heavy atom. The molecule has 0 bridgehead atoms. The number of aliphatic hydroxyl groups is 2. The molecule has 0 heterocycles. The van der Waals surface area contributed by atoms with Gasteiger partial charge < -0.3 is 15.5 Å². The van der Waals surface area contributed by atoms with E-state index < -0.39 is 12.1 Å². The lowest BCUT2D eigenvalue weighted by Crippen LogP contribution is -2.38. The summed E-state index contributed by atoms with van der Waals surface area (Å²) < 4.78 is 0. The van der Waals surface area contributed by atoms with Crippen molar-refractivity contribution in [3.8, 4) is 6.19 Å². The highest BCUT2D eigenvalue weighted by molar-refractivity contribution is 4.78. The standard InChI is InChI=1S/C5H10N2O2/c1-4(9)5(2-8)7-3-6/h4-5,7-9H,2H2,1H3/t4-,5-/m1/s1. The molecule has 0 amide bonds. The van der Waals surface area contributed by atoms with Crippen LogP contribution in [0.25, 0.3) is 0 Å². The van der Waals surface area contributed by atoms with Crippen LogP contribution in [-0.2, 0) is 0 Å². The Bertz CT molecular complexity index is 108. The molecular weight excluding hydrogens is 120 g/mol. The van der Waals surface area contributed by atoms with E-state index in [1.165, 1.54) is 6.92 Å². The second-order valence-electron chi connectivity index (χ2n) is 1.79. The molecule has 4 heteroatoms. The summed E-state index contributed by atoms with van der Waals surface area (Å²) >= 11 is 0. The Kier molecular flexibility index (Phi) is 3.76. The molecule has 0 aromatic heterocycles. The molecule has 0 aliphatic rings. The Morgan fingerprint density at radius 3 is 2.44 bits per heavy atom. The summed E-state index contributed by atoms with van der Waals surface area (Å²) in [6, 6.07) is -0.532. The largest absolute Gasteiger partial charge is 0.394 e. The number of aliphatic hydroxyl groups excluding tert-OH is 2. The van der Waals surface area contributed by atoms with Crippen molar-refractivity contribution < 1.29 is 10.2 Å². The zero-order valence-corrected chi connectivity index (χ0v) is 5.20. The molecule has 0 fully saturated rings. The molecule has 0 rings (SSSR count). The van der Waals surface area contributed by atoms with E-state index in [1.807, 2.05) is 0 Å². The van der Waals surface area contributed by atoms with Crippen LogP contribution in [0.4, 0.5) is 0 Å². The summed E-state index contributed by atoms with van der Waals surface area (Å²) in [5.41, 5.74) is 0. The normalized spacial score (nSPS) is 15.8. The van der Waals surface area contributed by atoms with Gasteiger partial charge in [0.2, 0.25) is 0 Å². The van der Waals surface area contributed by atoms with Crippen LogP contribution in [0.1, 0.15) is 6.92 Å². The summed E-state index contributed by atoms with van der Waals surface area (Å²) in [7, 11) is 0. The van der Waals surface area contributed by atoms with E-state index in [0.29, 0.717) is 0 Å². The second kappa shape index (κ2) is 4.13. The smallest absolute Gasteiger partial charge is 0.176 e. The van der Waals surface area contributed by atoms with Crippen LogP contribution in [0.3, 0.4) is 0 Å². The summed E-state index contributed by atoms with van der Waals surface area (Å²) in [5, 5.41) is 27.5. The van der Waals surface area contributed by atoms with Crippen LogP contribution < -0.4 is 5.32 Å². The second-order valence-corrected chi connectivity index (χ2v) is 1.79. The first-order valence-corrected chi connectivity index (χ1v) is 2.66. The summed E-state index contributed by atoms with van der Waals surface area (Å²) in [5.74, 6) is 0. The van der Waals surface area contributed by atoms with Gasteiger partial charge >= 0.3 is 0 Å². The van der Waals surface area contributed by atoms with E-state index in [0.717, 1.165) is 0 Å². The Labute approximate surface area is 53.7 Å². The quantitative estimate of drug-likeness (QED) is 0.331. The topological polar surface area (TPSA) is 76.3 Å². The number of nitrogens with one attached hydrogen (secondary N) is 1.